The summed E-state index contributed by atoms with van der Waals surface area (Å²) in [6.07, 6.45) is 18.7. The maximum Gasteiger partial charge on any atom is 0.0151 e. The Balaban J connectivity index is 1.63. The summed E-state index contributed by atoms with van der Waals surface area (Å²) in [6, 6.07) is 0. The predicted molar refractivity (Wildman–Crippen MR) is 88.7 cm³/mol. The summed E-state index contributed by atoms with van der Waals surface area (Å²) in [6.45, 7) is 2.01. The van der Waals surface area contributed by atoms with Gasteiger partial charge in [-0.05, 0) is 81.0 Å². The molecule has 0 amide bonds. The second-order valence-corrected chi connectivity index (χ2v) is 8.21. The standard InChI is InChI=1S/C21H30/c1-2-3-13-21-14-6-9-20(21)19-11-10-16-7-4-5-8-17(16)18(19)12-15-21/h12,16-17,19-20H,4-11,13-15H2,1H3/t16?,17-,19+,20-,21-/m0/s1. The first kappa shape index (κ1) is 13.9. The van der Waals surface area contributed by atoms with Crippen molar-refractivity contribution in [3.63, 3.8) is 0 Å². The van der Waals surface area contributed by atoms with Gasteiger partial charge in [0, 0.05) is 6.42 Å². The first-order chi connectivity index (χ1) is 10.3. The second kappa shape index (κ2) is 5.49. The molecule has 5 atom stereocenters. The van der Waals surface area contributed by atoms with Crippen molar-refractivity contribution < 1.29 is 0 Å². The van der Waals surface area contributed by atoms with Gasteiger partial charge in [0.2, 0.25) is 0 Å². The van der Waals surface area contributed by atoms with Gasteiger partial charge in [-0.15, -0.1) is 11.8 Å². The van der Waals surface area contributed by atoms with E-state index in [1.165, 1.54) is 70.6 Å². The molecule has 0 aliphatic heterocycles. The van der Waals surface area contributed by atoms with Crippen molar-refractivity contribution in [3.05, 3.63) is 11.6 Å². The maximum atomic E-state index is 3.45. The maximum absolute atomic E-state index is 3.45. The van der Waals surface area contributed by atoms with Gasteiger partial charge >= 0.3 is 0 Å². The van der Waals surface area contributed by atoms with Gasteiger partial charge in [0.1, 0.15) is 0 Å². The summed E-state index contributed by atoms with van der Waals surface area (Å²) in [4.78, 5) is 0. The van der Waals surface area contributed by atoms with Crippen molar-refractivity contribution in [2.45, 2.75) is 77.6 Å². The Kier molecular flexibility index (Phi) is 3.64. The SMILES string of the molecule is CC#CC[C@]12CC=C3[C@H]4CCCCC4CC[C@H]3[C@@H]1CCC2. The molecule has 0 N–H and O–H groups in total. The highest BCUT2D eigenvalue weighted by atomic mass is 14.6. The molecule has 0 heterocycles. The van der Waals surface area contributed by atoms with Crippen LogP contribution in [0, 0.1) is 40.9 Å². The number of rotatable bonds is 1. The average Bonchev–Trinajstić information content (AvgIpc) is 2.97. The number of allylic oxidation sites excluding steroid dienone is 2. The summed E-state index contributed by atoms with van der Waals surface area (Å²) in [7, 11) is 0. The fourth-order valence-corrected chi connectivity index (χ4v) is 6.49. The first-order valence-corrected chi connectivity index (χ1v) is 9.44. The lowest BCUT2D eigenvalue weighted by molar-refractivity contribution is 0.0847. The Morgan fingerprint density at radius 3 is 2.86 bits per heavy atom. The molecule has 0 saturated heterocycles. The van der Waals surface area contributed by atoms with E-state index in [1.54, 1.807) is 0 Å². The van der Waals surface area contributed by atoms with Crippen LogP contribution >= 0.6 is 0 Å². The monoisotopic (exact) mass is 282 g/mol. The molecule has 0 nitrogen and oxygen atoms in total. The molecule has 3 fully saturated rings. The van der Waals surface area contributed by atoms with Crippen LogP contribution in [-0.2, 0) is 0 Å². The minimum Gasteiger partial charge on any atom is -0.107 e. The lowest BCUT2D eigenvalue weighted by Gasteiger charge is -2.50. The van der Waals surface area contributed by atoms with E-state index in [2.05, 4.69) is 17.9 Å². The largest absolute Gasteiger partial charge is 0.107 e. The smallest absolute Gasteiger partial charge is 0.0151 e. The lowest BCUT2D eigenvalue weighted by atomic mass is 9.54. The molecule has 4 rings (SSSR count). The Hall–Kier alpha value is -0.700. The third kappa shape index (κ3) is 2.19. The van der Waals surface area contributed by atoms with Crippen LogP contribution in [0.15, 0.2) is 11.6 Å². The zero-order valence-electron chi connectivity index (χ0n) is 13.7. The van der Waals surface area contributed by atoms with Crippen LogP contribution in [-0.4, -0.2) is 0 Å². The Bertz CT molecular complexity index is 488. The van der Waals surface area contributed by atoms with Gasteiger partial charge in [-0.3, -0.25) is 0 Å². The van der Waals surface area contributed by atoms with Gasteiger partial charge in [-0.1, -0.05) is 30.9 Å². The van der Waals surface area contributed by atoms with Gasteiger partial charge in [-0.2, -0.15) is 0 Å². The van der Waals surface area contributed by atoms with Gasteiger partial charge in [0.25, 0.3) is 0 Å². The van der Waals surface area contributed by atoms with Crippen molar-refractivity contribution in [2.24, 2.45) is 29.1 Å². The van der Waals surface area contributed by atoms with E-state index in [0.29, 0.717) is 5.41 Å². The van der Waals surface area contributed by atoms with E-state index in [0.717, 1.165) is 23.7 Å². The molecule has 4 aliphatic rings. The molecule has 114 valence electrons. The molecule has 0 radical (unpaired) electrons. The fourth-order valence-electron chi connectivity index (χ4n) is 6.49. The lowest BCUT2D eigenvalue weighted by Crippen LogP contribution is -2.41. The third-order valence-corrected chi connectivity index (χ3v) is 7.44. The highest BCUT2D eigenvalue weighted by Crippen LogP contribution is 2.61. The van der Waals surface area contributed by atoms with Crippen LogP contribution in [0.5, 0.6) is 0 Å². The molecular weight excluding hydrogens is 252 g/mol. The summed E-state index contributed by atoms with van der Waals surface area (Å²) >= 11 is 0. The zero-order valence-corrected chi connectivity index (χ0v) is 13.7. The van der Waals surface area contributed by atoms with Crippen LogP contribution in [0.1, 0.15) is 77.6 Å². The van der Waals surface area contributed by atoms with Gasteiger partial charge in [0.15, 0.2) is 0 Å². The summed E-state index contributed by atoms with van der Waals surface area (Å²) in [5.74, 6) is 10.6. The van der Waals surface area contributed by atoms with Crippen molar-refractivity contribution >= 4 is 0 Å². The minimum atomic E-state index is 0.568. The normalized spacial score (nSPS) is 44.7. The molecule has 3 saturated carbocycles. The second-order valence-electron chi connectivity index (χ2n) is 8.21. The summed E-state index contributed by atoms with van der Waals surface area (Å²) in [5.41, 5.74) is 2.50. The van der Waals surface area contributed by atoms with Gasteiger partial charge in [-0.25, -0.2) is 0 Å². The molecule has 0 spiro atoms. The highest BCUT2D eigenvalue weighted by molar-refractivity contribution is 5.25. The molecular formula is C21H30. The summed E-state index contributed by atoms with van der Waals surface area (Å²) < 4.78 is 0. The Labute approximate surface area is 130 Å². The zero-order chi connectivity index (χ0) is 14.3. The summed E-state index contributed by atoms with van der Waals surface area (Å²) in [5, 5.41) is 0. The van der Waals surface area contributed by atoms with Crippen LogP contribution in [0.3, 0.4) is 0 Å². The van der Waals surface area contributed by atoms with E-state index in [9.17, 15) is 0 Å². The van der Waals surface area contributed by atoms with E-state index in [-0.39, 0.29) is 0 Å². The molecule has 21 heavy (non-hydrogen) atoms. The van der Waals surface area contributed by atoms with Crippen molar-refractivity contribution in [1.82, 2.24) is 0 Å². The van der Waals surface area contributed by atoms with Crippen molar-refractivity contribution in [2.75, 3.05) is 0 Å². The van der Waals surface area contributed by atoms with Crippen LogP contribution < -0.4 is 0 Å². The van der Waals surface area contributed by atoms with Crippen LogP contribution in [0.25, 0.3) is 0 Å². The first-order valence-electron chi connectivity index (χ1n) is 9.44. The molecule has 0 aromatic heterocycles. The van der Waals surface area contributed by atoms with Crippen molar-refractivity contribution in [1.29, 1.82) is 0 Å². The number of hydrogen-bond acceptors (Lipinski definition) is 0. The van der Waals surface area contributed by atoms with Crippen molar-refractivity contribution in [3.8, 4) is 11.8 Å². The quantitative estimate of drug-likeness (QED) is 0.425. The topological polar surface area (TPSA) is 0 Å². The average molecular weight is 282 g/mol. The number of hydrogen-bond donors (Lipinski definition) is 0. The van der Waals surface area contributed by atoms with E-state index in [1.807, 2.05) is 12.5 Å². The van der Waals surface area contributed by atoms with Crippen LogP contribution in [0.4, 0.5) is 0 Å². The van der Waals surface area contributed by atoms with E-state index < -0.39 is 0 Å². The molecule has 0 heteroatoms. The molecule has 0 aromatic rings. The van der Waals surface area contributed by atoms with Crippen LogP contribution in [0.2, 0.25) is 0 Å². The molecule has 1 unspecified atom stereocenters. The molecule has 0 bridgehead atoms. The third-order valence-electron chi connectivity index (χ3n) is 7.44. The minimum absolute atomic E-state index is 0.568. The van der Waals surface area contributed by atoms with Gasteiger partial charge in [0.05, 0.1) is 0 Å². The highest BCUT2D eigenvalue weighted by Gasteiger charge is 2.51. The molecule has 0 aromatic carbocycles. The Morgan fingerprint density at radius 1 is 1.05 bits per heavy atom. The Morgan fingerprint density at radius 2 is 1.95 bits per heavy atom. The predicted octanol–water partition coefficient (Wildman–Crippen LogP) is 5.73. The van der Waals surface area contributed by atoms with Gasteiger partial charge < -0.3 is 0 Å². The fraction of sp³-hybridized carbons (Fsp3) is 0.810. The van der Waals surface area contributed by atoms with E-state index in [4.69, 9.17) is 0 Å². The number of fused-ring (bicyclic) bond motifs is 5. The van der Waals surface area contributed by atoms with E-state index >= 15 is 0 Å². The molecule has 4 aliphatic carbocycles.